The van der Waals surface area contributed by atoms with Crippen LogP contribution in [-0.4, -0.2) is 22.4 Å². The lowest BCUT2D eigenvalue weighted by molar-refractivity contribution is -0.384. The minimum absolute atomic E-state index is 0.0982. The van der Waals surface area contributed by atoms with Crippen LogP contribution in [0.25, 0.3) is 0 Å². The molecule has 7 nitrogen and oxygen atoms in total. The second-order valence-electron chi connectivity index (χ2n) is 4.04. The number of rotatable bonds is 5. The van der Waals surface area contributed by atoms with Crippen molar-refractivity contribution < 1.29 is 9.72 Å². The highest BCUT2D eigenvalue weighted by molar-refractivity contribution is 9.10. The van der Waals surface area contributed by atoms with Crippen molar-refractivity contribution in [2.45, 2.75) is 0 Å². The Labute approximate surface area is 128 Å². The van der Waals surface area contributed by atoms with Crippen LogP contribution in [0.5, 0.6) is 0 Å². The molecule has 108 valence electrons. The molecule has 0 saturated heterocycles. The average Bonchev–Trinajstić information content (AvgIpc) is 2.47. The molecule has 8 heteroatoms. The molecule has 0 aliphatic rings. The van der Waals surface area contributed by atoms with E-state index in [1.165, 1.54) is 12.1 Å². The maximum Gasteiger partial charge on any atom is 0.293 e. The molecule has 1 heterocycles. The van der Waals surface area contributed by atoms with Gasteiger partial charge in [0, 0.05) is 16.7 Å². The molecule has 0 bridgehead atoms. The van der Waals surface area contributed by atoms with Crippen LogP contribution in [0, 0.1) is 10.1 Å². The molecular formula is C13H11BrN4O3. The highest BCUT2D eigenvalue weighted by Gasteiger charge is 2.14. The highest BCUT2D eigenvalue weighted by atomic mass is 79.9. The van der Waals surface area contributed by atoms with Crippen molar-refractivity contribution >= 4 is 39.0 Å². The maximum atomic E-state index is 11.7. The van der Waals surface area contributed by atoms with Gasteiger partial charge in [-0.05, 0) is 24.3 Å². The van der Waals surface area contributed by atoms with Crippen LogP contribution in [-0.2, 0) is 4.79 Å². The van der Waals surface area contributed by atoms with Gasteiger partial charge in [0.05, 0.1) is 11.5 Å². The van der Waals surface area contributed by atoms with Crippen LogP contribution in [0.1, 0.15) is 0 Å². The van der Waals surface area contributed by atoms with Gasteiger partial charge in [0.1, 0.15) is 11.5 Å². The lowest BCUT2D eigenvalue weighted by atomic mass is 10.2. The number of benzene rings is 1. The van der Waals surface area contributed by atoms with Crippen LogP contribution in [0.15, 0.2) is 47.1 Å². The standard InChI is InChI=1S/C13H11BrN4O3/c14-9-4-5-10(11(7-9)18(20)21)16-8-13(19)17-12-3-1-2-6-15-12/h1-7,16H,8H2,(H,15,17,19). The molecule has 1 amide bonds. The lowest BCUT2D eigenvalue weighted by Crippen LogP contribution is -2.22. The van der Waals surface area contributed by atoms with E-state index in [2.05, 4.69) is 31.5 Å². The Morgan fingerprint density at radius 1 is 1.33 bits per heavy atom. The molecule has 1 aromatic heterocycles. The van der Waals surface area contributed by atoms with Gasteiger partial charge >= 0.3 is 0 Å². The number of pyridine rings is 1. The Kier molecular flexibility index (Phi) is 4.83. The van der Waals surface area contributed by atoms with Crippen LogP contribution < -0.4 is 10.6 Å². The number of nitrogens with one attached hydrogen (secondary N) is 2. The quantitative estimate of drug-likeness (QED) is 0.638. The molecule has 2 aromatic rings. The number of hydrogen-bond donors (Lipinski definition) is 2. The van der Waals surface area contributed by atoms with E-state index >= 15 is 0 Å². The van der Waals surface area contributed by atoms with Gasteiger partial charge in [0.25, 0.3) is 5.69 Å². The summed E-state index contributed by atoms with van der Waals surface area (Å²) in [4.78, 5) is 26.1. The maximum absolute atomic E-state index is 11.7. The fraction of sp³-hybridized carbons (Fsp3) is 0.0769. The van der Waals surface area contributed by atoms with Gasteiger partial charge in [-0.15, -0.1) is 0 Å². The molecule has 0 saturated carbocycles. The summed E-state index contributed by atoms with van der Waals surface area (Å²) >= 11 is 3.17. The largest absolute Gasteiger partial charge is 0.371 e. The average molecular weight is 351 g/mol. The van der Waals surface area contributed by atoms with Crippen molar-refractivity contribution in [1.29, 1.82) is 0 Å². The minimum atomic E-state index is -0.510. The van der Waals surface area contributed by atoms with Gasteiger partial charge in [-0.3, -0.25) is 14.9 Å². The van der Waals surface area contributed by atoms with E-state index in [0.717, 1.165) is 0 Å². The van der Waals surface area contributed by atoms with Crippen LogP contribution >= 0.6 is 15.9 Å². The number of aromatic nitrogens is 1. The van der Waals surface area contributed by atoms with Crippen molar-refractivity contribution in [2.24, 2.45) is 0 Å². The number of amides is 1. The minimum Gasteiger partial charge on any atom is -0.371 e. The molecule has 0 unspecified atom stereocenters. The highest BCUT2D eigenvalue weighted by Crippen LogP contribution is 2.27. The zero-order valence-electron chi connectivity index (χ0n) is 10.7. The van der Waals surface area contributed by atoms with Gasteiger partial charge < -0.3 is 10.6 Å². The Morgan fingerprint density at radius 3 is 2.81 bits per heavy atom. The Bertz CT molecular complexity index is 664. The van der Waals surface area contributed by atoms with E-state index in [1.807, 2.05) is 0 Å². The van der Waals surface area contributed by atoms with E-state index in [0.29, 0.717) is 10.3 Å². The van der Waals surface area contributed by atoms with E-state index in [1.54, 1.807) is 30.5 Å². The Morgan fingerprint density at radius 2 is 2.14 bits per heavy atom. The van der Waals surface area contributed by atoms with E-state index in [4.69, 9.17) is 0 Å². The third kappa shape index (κ3) is 4.25. The van der Waals surface area contributed by atoms with Crippen molar-refractivity contribution in [1.82, 2.24) is 4.98 Å². The molecular weight excluding hydrogens is 340 g/mol. The zero-order valence-corrected chi connectivity index (χ0v) is 12.3. The zero-order chi connectivity index (χ0) is 15.2. The van der Waals surface area contributed by atoms with Crippen molar-refractivity contribution in [2.75, 3.05) is 17.2 Å². The van der Waals surface area contributed by atoms with Gasteiger partial charge in [-0.2, -0.15) is 0 Å². The fourth-order valence-electron chi connectivity index (χ4n) is 1.60. The second kappa shape index (κ2) is 6.80. The van der Waals surface area contributed by atoms with Gasteiger partial charge in [0.2, 0.25) is 5.91 Å². The number of nitrogens with zero attached hydrogens (tertiary/aromatic N) is 2. The lowest BCUT2D eigenvalue weighted by Gasteiger charge is -2.08. The summed E-state index contributed by atoms with van der Waals surface area (Å²) in [5.41, 5.74) is 0.175. The summed E-state index contributed by atoms with van der Waals surface area (Å²) in [5.74, 6) is 0.0838. The second-order valence-corrected chi connectivity index (χ2v) is 4.95. The third-order valence-electron chi connectivity index (χ3n) is 2.53. The number of carbonyl (C=O) groups excluding carboxylic acids is 1. The van der Waals surface area contributed by atoms with E-state index < -0.39 is 4.92 Å². The predicted octanol–water partition coefficient (Wildman–Crippen LogP) is 2.80. The first kappa shape index (κ1) is 14.9. The van der Waals surface area contributed by atoms with Crippen molar-refractivity contribution in [3.63, 3.8) is 0 Å². The molecule has 0 aliphatic carbocycles. The molecule has 0 atom stereocenters. The summed E-state index contributed by atoms with van der Waals surface area (Å²) in [6, 6.07) is 9.70. The van der Waals surface area contributed by atoms with Gasteiger partial charge in [-0.1, -0.05) is 22.0 Å². The van der Waals surface area contributed by atoms with Crippen molar-refractivity contribution in [3.05, 3.63) is 57.2 Å². The fourth-order valence-corrected chi connectivity index (χ4v) is 1.95. The van der Waals surface area contributed by atoms with E-state index in [9.17, 15) is 14.9 Å². The molecule has 2 rings (SSSR count). The number of nitro benzene ring substituents is 1. The molecule has 1 aromatic carbocycles. The molecule has 21 heavy (non-hydrogen) atoms. The molecule has 2 N–H and O–H groups in total. The number of hydrogen-bond acceptors (Lipinski definition) is 5. The van der Waals surface area contributed by atoms with E-state index in [-0.39, 0.29) is 23.8 Å². The van der Waals surface area contributed by atoms with Crippen LogP contribution in [0.3, 0.4) is 0 Å². The first-order chi connectivity index (χ1) is 10.1. The normalized spacial score (nSPS) is 9.95. The number of carbonyl (C=O) groups is 1. The first-order valence-corrected chi connectivity index (χ1v) is 6.74. The number of anilines is 2. The molecule has 0 fully saturated rings. The predicted molar refractivity (Wildman–Crippen MR) is 82.2 cm³/mol. The molecule has 0 aliphatic heterocycles. The summed E-state index contributed by atoms with van der Waals surface area (Å²) in [5, 5.41) is 16.3. The Hall–Kier alpha value is -2.48. The SMILES string of the molecule is O=C(CNc1ccc(Br)cc1[N+](=O)[O-])Nc1ccccn1. The molecule has 0 radical (unpaired) electrons. The summed E-state index contributed by atoms with van der Waals surface area (Å²) in [6.45, 7) is -0.0982. The van der Waals surface area contributed by atoms with Crippen LogP contribution in [0.4, 0.5) is 17.2 Å². The van der Waals surface area contributed by atoms with Gasteiger partial charge in [-0.25, -0.2) is 4.98 Å². The monoisotopic (exact) mass is 350 g/mol. The molecule has 0 spiro atoms. The summed E-state index contributed by atoms with van der Waals surface area (Å²) in [6.07, 6.45) is 1.56. The smallest absolute Gasteiger partial charge is 0.293 e. The number of halogens is 1. The summed E-state index contributed by atoms with van der Waals surface area (Å²) < 4.78 is 0.595. The topological polar surface area (TPSA) is 97.2 Å². The number of nitro groups is 1. The first-order valence-electron chi connectivity index (χ1n) is 5.95. The summed E-state index contributed by atoms with van der Waals surface area (Å²) in [7, 11) is 0. The third-order valence-corrected chi connectivity index (χ3v) is 3.02. The van der Waals surface area contributed by atoms with Crippen LogP contribution in [0.2, 0.25) is 0 Å². The Balaban J connectivity index is 2.00. The van der Waals surface area contributed by atoms with Gasteiger partial charge in [0.15, 0.2) is 0 Å². The van der Waals surface area contributed by atoms with Crippen molar-refractivity contribution in [3.8, 4) is 0 Å².